The number of anilines is 2. The van der Waals surface area contributed by atoms with Crippen LogP contribution < -0.4 is 10.2 Å². The lowest BCUT2D eigenvalue weighted by Crippen LogP contribution is -2.46. The first-order valence-corrected chi connectivity index (χ1v) is 9.68. The van der Waals surface area contributed by atoms with Crippen molar-refractivity contribution in [1.82, 2.24) is 34.6 Å². The molecule has 33 heavy (non-hydrogen) atoms. The monoisotopic (exact) mass is 481 g/mol. The van der Waals surface area contributed by atoms with Crippen LogP contribution in [0.15, 0.2) is 37.1 Å². The summed E-state index contributed by atoms with van der Waals surface area (Å²) in [4.78, 5) is 22.9. The molecule has 1 aliphatic heterocycles. The lowest BCUT2D eigenvalue weighted by Gasteiger charge is -2.28. The number of alkyl halides is 3. The lowest BCUT2D eigenvalue weighted by atomic mass is 9.88. The zero-order chi connectivity index (χ0) is 23.5. The molecule has 10 nitrogen and oxygen atoms in total. The summed E-state index contributed by atoms with van der Waals surface area (Å²) in [5.41, 5.74) is -3.31. The van der Waals surface area contributed by atoms with Crippen molar-refractivity contribution >= 4 is 34.7 Å². The third-order valence-corrected chi connectivity index (χ3v) is 5.58. The van der Waals surface area contributed by atoms with Crippen molar-refractivity contribution in [2.24, 2.45) is 0 Å². The molecule has 0 saturated heterocycles. The van der Waals surface area contributed by atoms with Gasteiger partial charge in [0.15, 0.2) is 17.3 Å². The Balaban J connectivity index is 1.51. The van der Waals surface area contributed by atoms with Crippen LogP contribution in [0.1, 0.15) is 12.6 Å². The molecule has 170 valence electrons. The van der Waals surface area contributed by atoms with Gasteiger partial charge < -0.3 is 5.32 Å². The van der Waals surface area contributed by atoms with E-state index in [1.165, 1.54) is 29.5 Å². The third kappa shape index (κ3) is 3.16. The molecule has 4 aromatic heterocycles. The van der Waals surface area contributed by atoms with Gasteiger partial charge in [-0.3, -0.25) is 4.90 Å². The summed E-state index contributed by atoms with van der Waals surface area (Å²) in [5, 5.41) is 14.1. The van der Waals surface area contributed by atoms with Crippen LogP contribution in [0.25, 0.3) is 11.5 Å². The fourth-order valence-electron chi connectivity index (χ4n) is 3.65. The summed E-state index contributed by atoms with van der Waals surface area (Å²) in [7, 11) is 0. The Bertz CT molecular complexity index is 1390. The van der Waals surface area contributed by atoms with Crippen LogP contribution in [0.4, 0.5) is 33.7 Å². The fraction of sp³-hybridized carbons (Fsp3) is 0.222. The molecule has 0 spiro atoms. The number of carbonyl (C=O) groups is 1. The predicted molar refractivity (Wildman–Crippen MR) is 107 cm³/mol. The quantitative estimate of drug-likeness (QED) is 0.440. The highest BCUT2D eigenvalue weighted by Gasteiger charge is 2.60. The molecule has 1 N–H and O–H groups in total. The minimum atomic E-state index is -4.77. The number of carbonyl (C=O) groups excluding carboxylic acids is 1. The summed E-state index contributed by atoms with van der Waals surface area (Å²) in [6.07, 6.45) is 1.12. The Labute approximate surface area is 186 Å². The van der Waals surface area contributed by atoms with Crippen molar-refractivity contribution in [3.8, 4) is 5.82 Å². The van der Waals surface area contributed by atoms with E-state index in [1.807, 2.05) is 0 Å². The maximum absolute atomic E-state index is 14.1. The van der Waals surface area contributed by atoms with E-state index in [1.54, 1.807) is 0 Å². The van der Waals surface area contributed by atoms with Crippen molar-refractivity contribution in [3.63, 3.8) is 0 Å². The molecule has 0 radical (unpaired) electrons. The molecule has 0 aliphatic carbocycles. The molecule has 0 aromatic carbocycles. The number of nitrogens with one attached hydrogen (secondary N) is 1. The second-order valence-corrected chi connectivity index (χ2v) is 7.82. The van der Waals surface area contributed by atoms with E-state index in [0.717, 1.165) is 28.7 Å². The molecule has 5 heterocycles. The van der Waals surface area contributed by atoms with Gasteiger partial charge in [0.2, 0.25) is 0 Å². The number of amides is 2. The van der Waals surface area contributed by atoms with Crippen LogP contribution >= 0.6 is 11.6 Å². The van der Waals surface area contributed by atoms with E-state index in [4.69, 9.17) is 11.6 Å². The van der Waals surface area contributed by atoms with Gasteiger partial charge in [-0.2, -0.15) is 28.5 Å². The molecule has 15 heteroatoms. The normalized spacial score (nSPS) is 18.1. The molecular weight excluding hydrogens is 470 g/mol. The van der Waals surface area contributed by atoms with E-state index in [-0.39, 0.29) is 27.9 Å². The van der Waals surface area contributed by atoms with Crippen LogP contribution in [0.5, 0.6) is 0 Å². The number of rotatable bonds is 2. The van der Waals surface area contributed by atoms with Gasteiger partial charge in [-0.05, 0) is 13.0 Å². The van der Waals surface area contributed by atoms with Crippen LogP contribution in [0, 0.1) is 5.82 Å². The van der Waals surface area contributed by atoms with E-state index >= 15 is 0 Å². The fourth-order valence-corrected chi connectivity index (χ4v) is 3.89. The SMILES string of the molecule is CC1(C(F)(F)F)CN(C(=O)Nc2cnc(-n3nccn3)c(Cl)c2)c2cnc3c(F)cnn3c21. The third-order valence-electron chi connectivity index (χ3n) is 5.30. The number of aromatic nitrogens is 7. The Hall–Kier alpha value is -3.81. The molecule has 1 unspecified atom stereocenters. The summed E-state index contributed by atoms with van der Waals surface area (Å²) in [5.74, 6) is -0.680. The average molecular weight is 482 g/mol. The zero-order valence-electron chi connectivity index (χ0n) is 16.5. The number of nitrogens with zero attached hydrogens (tertiary/aromatic N) is 8. The van der Waals surface area contributed by atoms with Gasteiger partial charge in [-0.25, -0.2) is 23.7 Å². The van der Waals surface area contributed by atoms with Crippen LogP contribution in [-0.4, -0.2) is 53.3 Å². The minimum absolute atomic E-state index is 0.0985. The second kappa shape index (κ2) is 7.10. The van der Waals surface area contributed by atoms with E-state index < -0.39 is 35.7 Å². The molecule has 0 bridgehead atoms. The summed E-state index contributed by atoms with van der Waals surface area (Å²) < 4.78 is 57.0. The van der Waals surface area contributed by atoms with Crippen LogP contribution in [0.2, 0.25) is 5.02 Å². The van der Waals surface area contributed by atoms with Crippen LogP contribution in [0.3, 0.4) is 0 Å². The Kier molecular flexibility index (Phi) is 4.53. The predicted octanol–water partition coefficient (Wildman–Crippen LogP) is 3.37. The molecule has 1 aliphatic rings. The lowest BCUT2D eigenvalue weighted by molar-refractivity contribution is -0.181. The summed E-state index contributed by atoms with van der Waals surface area (Å²) in [6, 6.07) is 0.468. The summed E-state index contributed by atoms with van der Waals surface area (Å²) >= 11 is 6.18. The number of hydrogen-bond donors (Lipinski definition) is 1. The van der Waals surface area contributed by atoms with Crippen molar-refractivity contribution < 1.29 is 22.4 Å². The topological polar surface area (TPSA) is 106 Å². The standard InChI is InChI=1S/C18H12ClF4N9O/c1-17(18(21,22)23)8-30(12-7-25-15-11(20)6-28-31(15)13(12)17)16(33)29-9-4-10(19)14(24-5-9)32-26-2-3-27-32/h2-7H,8H2,1H3,(H,29,33). The molecule has 0 saturated carbocycles. The molecule has 0 fully saturated rings. The minimum Gasteiger partial charge on any atom is -0.306 e. The number of pyridine rings is 1. The number of fused-ring (bicyclic) bond motifs is 3. The van der Waals surface area contributed by atoms with Gasteiger partial charge in [0.25, 0.3) is 0 Å². The van der Waals surface area contributed by atoms with E-state index in [0.29, 0.717) is 0 Å². The van der Waals surface area contributed by atoms with Crippen LogP contribution in [-0.2, 0) is 5.41 Å². The number of urea groups is 1. The van der Waals surface area contributed by atoms with Gasteiger partial charge in [0.1, 0.15) is 5.41 Å². The Morgan fingerprint density at radius 3 is 2.55 bits per heavy atom. The molecule has 5 rings (SSSR count). The molecule has 2 amide bonds. The van der Waals surface area contributed by atoms with Gasteiger partial charge in [-0.1, -0.05) is 11.6 Å². The molecule has 4 aromatic rings. The summed E-state index contributed by atoms with van der Waals surface area (Å²) in [6.45, 7) is 0.152. The van der Waals surface area contributed by atoms with Crippen molar-refractivity contribution in [2.45, 2.75) is 18.5 Å². The highest BCUT2D eigenvalue weighted by Crippen LogP contribution is 2.49. The smallest absolute Gasteiger partial charge is 0.306 e. The van der Waals surface area contributed by atoms with Gasteiger partial charge in [-0.15, -0.1) is 4.80 Å². The maximum atomic E-state index is 14.1. The van der Waals surface area contributed by atoms with Gasteiger partial charge >= 0.3 is 12.2 Å². The van der Waals surface area contributed by atoms with Gasteiger partial charge in [0.05, 0.1) is 53.1 Å². The molecular formula is C18H12ClF4N9O. The first-order valence-electron chi connectivity index (χ1n) is 9.30. The Morgan fingerprint density at radius 2 is 1.88 bits per heavy atom. The van der Waals surface area contributed by atoms with E-state index in [2.05, 4.69) is 30.6 Å². The highest BCUT2D eigenvalue weighted by atomic mass is 35.5. The maximum Gasteiger partial charge on any atom is 0.401 e. The van der Waals surface area contributed by atoms with Gasteiger partial charge in [0, 0.05) is 6.54 Å². The zero-order valence-corrected chi connectivity index (χ0v) is 17.3. The first kappa shape index (κ1) is 21.1. The van der Waals surface area contributed by atoms with Crippen molar-refractivity contribution in [3.05, 3.63) is 53.6 Å². The largest absolute Gasteiger partial charge is 0.401 e. The number of hydrogen-bond acceptors (Lipinski definition) is 6. The van der Waals surface area contributed by atoms with Crippen molar-refractivity contribution in [1.29, 1.82) is 0 Å². The molecule has 1 atom stereocenters. The first-order chi connectivity index (χ1) is 15.6. The van der Waals surface area contributed by atoms with E-state index in [9.17, 15) is 22.4 Å². The Morgan fingerprint density at radius 1 is 1.15 bits per heavy atom. The highest BCUT2D eigenvalue weighted by molar-refractivity contribution is 6.32. The number of halogens is 5. The second-order valence-electron chi connectivity index (χ2n) is 7.41. The average Bonchev–Trinajstić information content (AvgIpc) is 3.47. The van der Waals surface area contributed by atoms with Crippen molar-refractivity contribution in [2.75, 3.05) is 16.8 Å².